The Kier molecular flexibility index (Phi) is 4.37. The highest BCUT2D eigenvalue weighted by atomic mass is 16.7. The van der Waals surface area contributed by atoms with E-state index in [1.165, 1.54) is 5.56 Å². The van der Waals surface area contributed by atoms with E-state index in [-0.39, 0.29) is 18.7 Å². The van der Waals surface area contributed by atoms with E-state index in [0.717, 1.165) is 12.1 Å². The molecule has 5 nitrogen and oxygen atoms in total. The molecule has 0 fully saturated rings. The number of anilines is 2. The topological polar surface area (TPSA) is 59.6 Å². The lowest BCUT2D eigenvalue weighted by atomic mass is 10.1. The highest BCUT2D eigenvalue weighted by molar-refractivity contribution is 5.96. The van der Waals surface area contributed by atoms with Gasteiger partial charge in [0.2, 0.25) is 12.7 Å². The molecule has 1 aliphatic heterocycles. The summed E-state index contributed by atoms with van der Waals surface area (Å²) in [7, 11) is 0. The zero-order valence-electron chi connectivity index (χ0n) is 13.3. The van der Waals surface area contributed by atoms with Crippen LogP contribution in [-0.2, 0) is 11.2 Å². The molecule has 1 aliphatic rings. The molecule has 1 heterocycles. The van der Waals surface area contributed by atoms with Gasteiger partial charge in [-0.3, -0.25) is 4.79 Å². The monoisotopic (exact) mass is 312 g/mol. The highest BCUT2D eigenvalue weighted by Crippen LogP contribution is 2.34. The molecule has 5 heteroatoms. The van der Waals surface area contributed by atoms with Crippen LogP contribution in [0, 0.1) is 0 Å². The number of hydrogen-bond donors (Lipinski definition) is 2. The smallest absolute Gasteiger partial charge is 0.246 e. The Hall–Kier alpha value is -2.69. The molecular formula is C18H20N2O3. The van der Waals surface area contributed by atoms with Crippen molar-refractivity contribution in [3.05, 3.63) is 48.0 Å². The Morgan fingerprint density at radius 1 is 1.09 bits per heavy atom. The van der Waals surface area contributed by atoms with Crippen molar-refractivity contribution in [2.75, 3.05) is 17.4 Å². The average molecular weight is 312 g/mol. The van der Waals surface area contributed by atoms with Gasteiger partial charge < -0.3 is 20.1 Å². The van der Waals surface area contributed by atoms with Gasteiger partial charge in [-0.25, -0.2) is 0 Å². The van der Waals surface area contributed by atoms with Crippen molar-refractivity contribution in [2.45, 2.75) is 26.3 Å². The number of ether oxygens (including phenoxy) is 2. The Morgan fingerprint density at radius 3 is 2.52 bits per heavy atom. The van der Waals surface area contributed by atoms with Crippen molar-refractivity contribution < 1.29 is 14.3 Å². The van der Waals surface area contributed by atoms with E-state index in [2.05, 4.69) is 29.7 Å². The third kappa shape index (κ3) is 3.56. The molecule has 0 bridgehead atoms. The van der Waals surface area contributed by atoms with Crippen LogP contribution in [0.5, 0.6) is 11.5 Å². The van der Waals surface area contributed by atoms with Crippen molar-refractivity contribution >= 4 is 17.3 Å². The molecule has 0 unspecified atom stereocenters. The lowest BCUT2D eigenvalue weighted by Crippen LogP contribution is -2.31. The van der Waals surface area contributed by atoms with Crippen molar-refractivity contribution in [1.82, 2.24) is 0 Å². The van der Waals surface area contributed by atoms with Crippen molar-refractivity contribution in [2.24, 2.45) is 0 Å². The van der Waals surface area contributed by atoms with E-state index in [1.54, 1.807) is 18.2 Å². The molecule has 0 radical (unpaired) electrons. The largest absolute Gasteiger partial charge is 0.454 e. The Bertz CT molecular complexity index is 698. The molecule has 1 amide bonds. The standard InChI is InChI=1S/C18H20N2O3/c1-3-13-4-6-14(7-5-13)19-12(2)18(21)20-15-8-9-16-17(10-15)23-11-22-16/h4-10,12,19H,3,11H2,1-2H3,(H,20,21)/t12-/m0/s1. The summed E-state index contributed by atoms with van der Waals surface area (Å²) >= 11 is 0. The summed E-state index contributed by atoms with van der Waals surface area (Å²) in [4.78, 5) is 12.3. The van der Waals surface area contributed by atoms with Crippen LogP contribution in [0.3, 0.4) is 0 Å². The van der Waals surface area contributed by atoms with Gasteiger partial charge in [0, 0.05) is 17.4 Å². The van der Waals surface area contributed by atoms with Crippen LogP contribution in [0.1, 0.15) is 19.4 Å². The lowest BCUT2D eigenvalue weighted by molar-refractivity contribution is -0.116. The first-order valence-corrected chi connectivity index (χ1v) is 7.71. The second kappa shape index (κ2) is 6.60. The number of rotatable bonds is 5. The van der Waals surface area contributed by atoms with E-state index < -0.39 is 0 Å². The van der Waals surface area contributed by atoms with Gasteiger partial charge in [0.1, 0.15) is 6.04 Å². The summed E-state index contributed by atoms with van der Waals surface area (Å²) in [6.45, 7) is 4.17. The lowest BCUT2D eigenvalue weighted by Gasteiger charge is -2.15. The first-order chi connectivity index (χ1) is 11.2. The van der Waals surface area contributed by atoms with Crippen LogP contribution < -0.4 is 20.1 Å². The Labute approximate surface area is 135 Å². The molecular weight excluding hydrogens is 292 g/mol. The Morgan fingerprint density at radius 2 is 1.78 bits per heavy atom. The molecule has 0 spiro atoms. The molecule has 2 aromatic rings. The van der Waals surface area contributed by atoms with Gasteiger partial charge in [0.15, 0.2) is 11.5 Å². The number of nitrogens with one attached hydrogen (secondary N) is 2. The van der Waals surface area contributed by atoms with E-state index in [1.807, 2.05) is 19.1 Å². The fourth-order valence-corrected chi connectivity index (χ4v) is 2.38. The van der Waals surface area contributed by atoms with Gasteiger partial charge in [-0.15, -0.1) is 0 Å². The second-order valence-electron chi connectivity index (χ2n) is 5.47. The zero-order chi connectivity index (χ0) is 16.2. The van der Waals surface area contributed by atoms with Gasteiger partial charge in [-0.1, -0.05) is 19.1 Å². The van der Waals surface area contributed by atoms with Crippen LogP contribution >= 0.6 is 0 Å². The van der Waals surface area contributed by atoms with Gasteiger partial charge in [0.05, 0.1) is 0 Å². The summed E-state index contributed by atoms with van der Waals surface area (Å²) in [5.41, 5.74) is 2.89. The van der Waals surface area contributed by atoms with Crippen molar-refractivity contribution in [3.8, 4) is 11.5 Å². The Balaban J connectivity index is 1.60. The van der Waals surface area contributed by atoms with E-state index in [0.29, 0.717) is 17.2 Å². The van der Waals surface area contributed by atoms with Gasteiger partial charge in [-0.2, -0.15) is 0 Å². The van der Waals surface area contributed by atoms with E-state index >= 15 is 0 Å². The summed E-state index contributed by atoms with van der Waals surface area (Å²) in [5.74, 6) is 1.24. The van der Waals surface area contributed by atoms with E-state index in [4.69, 9.17) is 9.47 Å². The van der Waals surface area contributed by atoms with Crippen LogP contribution in [-0.4, -0.2) is 18.7 Å². The number of benzene rings is 2. The predicted molar refractivity (Wildman–Crippen MR) is 90.1 cm³/mol. The highest BCUT2D eigenvalue weighted by Gasteiger charge is 2.16. The summed E-state index contributed by atoms with van der Waals surface area (Å²) in [6.07, 6.45) is 1.00. The predicted octanol–water partition coefficient (Wildman–Crippen LogP) is 3.42. The van der Waals surface area contributed by atoms with Gasteiger partial charge in [0.25, 0.3) is 0 Å². The third-order valence-electron chi connectivity index (χ3n) is 3.78. The normalized spacial score (nSPS) is 13.5. The first kappa shape index (κ1) is 15.2. The molecule has 2 aromatic carbocycles. The minimum atomic E-state index is -0.354. The second-order valence-corrected chi connectivity index (χ2v) is 5.47. The van der Waals surface area contributed by atoms with Crippen molar-refractivity contribution in [1.29, 1.82) is 0 Å². The number of amides is 1. The minimum Gasteiger partial charge on any atom is -0.454 e. The fraction of sp³-hybridized carbons (Fsp3) is 0.278. The van der Waals surface area contributed by atoms with Crippen LogP contribution in [0.15, 0.2) is 42.5 Å². The first-order valence-electron chi connectivity index (χ1n) is 7.71. The van der Waals surface area contributed by atoms with Gasteiger partial charge >= 0.3 is 0 Å². The van der Waals surface area contributed by atoms with Crippen LogP contribution in [0.25, 0.3) is 0 Å². The summed E-state index contributed by atoms with van der Waals surface area (Å²) in [6, 6.07) is 13.1. The SMILES string of the molecule is CCc1ccc(N[C@@H](C)C(=O)Nc2ccc3c(c2)OCO3)cc1. The molecule has 2 N–H and O–H groups in total. The summed E-state index contributed by atoms with van der Waals surface area (Å²) < 4.78 is 10.6. The summed E-state index contributed by atoms with van der Waals surface area (Å²) in [5, 5.41) is 6.07. The average Bonchev–Trinajstić information content (AvgIpc) is 3.03. The maximum atomic E-state index is 12.3. The van der Waals surface area contributed by atoms with Crippen LogP contribution in [0.4, 0.5) is 11.4 Å². The molecule has 0 aromatic heterocycles. The number of aryl methyl sites for hydroxylation is 1. The molecule has 3 rings (SSSR count). The molecule has 23 heavy (non-hydrogen) atoms. The van der Waals surface area contributed by atoms with E-state index in [9.17, 15) is 4.79 Å². The fourth-order valence-electron chi connectivity index (χ4n) is 2.38. The molecule has 1 atom stereocenters. The molecule has 0 saturated carbocycles. The number of carbonyl (C=O) groups excluding carboxylic acids is 1. The molecule has 0 aliphatic carbocycles. The maximum Gasteiger partial charge on any atom is 0.246 e. The van der Waals surface area contributed by atoms with Crippen molar-refractivity contribution in [3.63, 3.8) is 0 Å². The quantitative estimate of drug-likeness (QED) is 0.888. The molecule has 0 saturated heterocycles. The number of hydrogen-bond acceptors (Lipinski definition) is 4. The van der Waals surface area contributed by atoms with Crippen LogP contribution in [0.2, 0.25) is 0 Å². The number of fused-ring (bicyclic) bond motifs is 1. The third-order valence-corrected chi connectivity index (χ3v) is 3.78. The minimum absolute atomic E-state index is 0.108. The zero-order valence-corrected chi connectivity index (χ0v) is 13.3. The number of carbonyl (C=O) groups is 1. The van der Waals surface area contributed by atoms with Gasteiger partial charge in [-0.05, 0) is 43.2 Å². The molecule has 120 valence electrons. The maximum absolute atomic E-state index is 12.3.